The predicted molar refractivity (Wildman–Crippen MR) is 97.6 cm³/mol. The summed E-state index contributed by atoms with van der Waals surface area (Å²) in [6.07, 6.45) is 2.04. The zero-order chi connectivity index (χ0) is 17.4. The first-order valence-electron chi connectivity index (χ1n) is 8.97. The molecule has 2 heterocycles. The van der Waals surface area contributed by atoms with Crippen LogP contribution in [0.2, 0.25) is 0 Å². The number of ether oxygens (including phenoxy) is 3. The molecule has 4 heteroatoms. The molecule has 1 atom stereocenters. The van der Waals surface area contributed by atoms with E-state index < -0.39 is 0 Å². The summed E-state index contributed by atoms with van der Waals surface area (Å²) in [5, 5.41) is 0. The van der Waals surface area contributed by atoms with Crippen LogP contribution < -0.4 is 14.2 Å². The second kappa shape index (κ2) is 6.60. The summed E-state index contributed by atoms with van der Waals surface area (Å²) in [5.74, 6) is 2.67. The number of nitrogens with zero attached hydrogens (tertiary/aromatic N) is 1. The van der Waals surface area contributed by atoms with Crippen molar-refractivity contribution in [2.45, 2.75) is 38.8 Å². The normalized spacial score (nSPS) is 19.1. The quantitative estimate of drug-likeness (QED) is 0.843. The zero-order valence-corrected chi connectivity index (χ0v) is 15.1. The number of benzene rings is 2. The first-order valence-corrected chi connectivity index (χ1v) is 8.97. The Hall–Kier alpha value is -2.20. The molecule has 0 spiro atoms. The lowest BCUT2D eigenvalue weighted by atomic mass is 9.87. The largest absolute Gasteiger partial charge is 0.497 e. The maximum absolute atomic E-state index is 5.63. The number of rotatable bonds is 4. The topological polar surface area (TPSA) is 30.9 Å². The van der Waals surface area contributed by atoms with E-state index >= 15 is 0 Å². The van der Waals surface area contributed by atoms with Crippen LogP contribution in [0.3, 0.4) is 0 Å². The molecular formula is C21H25NO3. The number of hydrogen-bond donors (Lipinski definition) is 0. The van der Waals surface area contributed by atoms with Gasteiger partial charge in [-0.25, -0.2) is 0 Å². The van der Waals surface area contributed by atoms with E-state index in [0.29, 0.717) is 18.9 Å². The van der Waals surface area contributed by atoms with E-state index in [4.69, 9.17) is 14.2 Å². The zero-order valence-electron chi connectivity index (χ0n) is 15.1. The molecule has 2 aliphatic rings. The van der Waals surface area contributed by atoms with Crippen molar-refractivity contribution in [1.82, 2.24) is 4.90 Å². The van der Waals surface area contributed by atoms with E-state index in [1.165, 1.54) is 16.7 Å². The van der Waals surface area contributed by atoms with Gasteiger partial charge in [-0.15, -0.1) is 0 Å². The minimum atomic E-state index is 0.329. The summed E-state index contributed by atoms with van der Waals surface area (Å²) < 4.78 is 16.5. The molecule has 1 unspecified atom stereocenters. The van der Waals surface area contributed by atoms with Crippen LogP contribution in [0.4, 0.5) is 0 Å². The fourth-order valence-corrected chi connectivity index (χ4v) is 3.94. The molecule has 0 amide bonds. The van der Waals surface area contributed by atoms with Gasteiger partial charge in [0.25, 0.3) is 0 Å². The lowest BCUT2D eigenvalue weighted by Gasteiger charge is -2.40. The highest BCUT2D eigenvalue weighted by molar-refractivity contribution is 5.51. The first-order chi connectivity index (χ1) is 12.2. The minimum absolute atomic E-state index is 0.329. The Morgan fingerprint density at radius 3 is 2.52 bits per heavy atom. The number of fused-ring (bicyclic) bond motifs is 2. The fraction of sp³-hybridized carbons (Fsp3) is 0.429. The average molecular weight is 339 g/mol. The van der Waals surface area contributed by atoms with Crippen molar-refractivity contribution in [2.75, 3.05) is 20.4 Å². The van der Waals surface area contributed by atoms with Crippen molar-refractivity contribution >= 4 is 0 Å². The molecule has 2 aliphatic heterocycles. The van der Waals surface area contributed by atoms with Crippen LogP contribution in [-0.4, -0.2) is 31.4 Å². The smallest absolute Gasteiger partial charge is 0.231 e. The van der Waals surface area contributed by atoms with Gasteiger partial charge in [0.2, 0.25) is 6.79 Å². The number of hydrogen-bond acceptors (Lipinski definition) is 4. The Balaban J connectivity index is 1.69. The van der Waals surface area contributed by atoms with Crippen molar-refractivity contribution in [3.05, 3.63) is 53.1 Å². The standard InChI is InChI=1S/C21H25NO3/c1-14(2)22-9-8-16-11-20-21(25-13-24-20)12-18(16)19(22)10-15-4-6-17(23-3)7-5-15/h4-7,11-12,14,19H,8-10,13H2,1-3H3. The molecule has 0 aliphatic carbocycles. The molecule has 0 bridgehead atoms. The minimum Gasteiger partial charge on any atom is -0.497 e. The molecule has 0 aromatic heterocycles. The molecule has 0 N–H and O–H groups in total. The molecule has 4 nitrogen and oxygen atoms in total. The van der Waals surface area contributed by atoms with E-state index in [9.17, 15) is 0 Å². The molecule has 2 aromatic carbocycles. The van der Waals surface area contributed by atoms with Crippen molar-refractivity contribution < 1.29 is 14.2 Å². The Bertz CT molecular complexity index is 754. The summed E-state index contributed by atoms with van der Waals surface area (Å²) in [4.78, 5) is 2.59. The predicted octanol–water partition coefficient (Wildman–Crippen LogP) is 3.97. The average Bonchev–Trinajstić information content (AvgIpc) is 3.08. The highest BCUT2D eigenvalue weighted by Crippen LogP contribution is 2.42. The molecule has 2 aromatic rings. The summed E-state index contributed by atoms with van der Waals surface area (Å²) in [6, 6.07) is 13.6. The highest BCUT2D eigenvalue weighted by Gasteiger charge is 2.31. The van der Waals surface area contributed by atoms with E-state index in [1.54, 1.807) is 7.11 Å². The molecule has 0 fully saturated rings. The van der Waals surface area contributed by atoms with Gasteiger partial charge < -0.3 is 14.2 Å². The molecule has 132 valence electrons. The van der Waals surface area contributed by atoms with Crippen LogP contribution in [0.15, 0.2) is 36.4 Å². The van der Waals surface area contributed by atoms with E-state index in [1.807, 2.05) is 12.1 Å². The van der Waals surface area contributed by atoms with Crippen molar-refractivity contribution in [1.29, 1.82) is 0 Å². The van der Waals surface area contributed by atoms with Crippen molar-refractivity contribution in [2.24, 2.45) is 0 Å². The van der Waals surface area contributed by atoms with Gasteiger partial charge in [-0.2, -0.15) is 0 Å². The van der Waals surface area contributed by atoms with Gasteiger partial charge in [0.1, 0.15) is 5.75 Å². The summed E-state index contributed by atoms with van der Waals surface area (Å²) in [7, 11) is 1.70. The second-order valence-corrected chi connectivity index (χ2v) is 7.05. The van der Waals surface area contributed by atoms with Crippen molar-refractivity contribution in [3.63, 3.8) is 0 Å². The van der Waals surface area contributed by atoms with Crippen LogP contribution in [0, 0.1) is 0 Å². The van der Waals surface area contributed by atoms with Gasteiger partial charge in [-0.1, -0.05) is 12.1 Å². The van der Waals surface area contributed by atoms with E-state index in [-0.39, 0.29) is 0 Å². The Labute approximate surface area is 149 Å². The van der Waals surface area contributed by atoms with Crippen LogP contribution in [0.1, 0.15) is 36.6 Å². The highest BCUT2D eigenvalue weighted by atomic mass is 16.7. The SMILES string of the molecule is COc1ccc(CC2c3cc4c(cc3CCN2C(C)C)OCO4)cc1. The van der Waals surface area contributed by atoms with Gasteiger partial charge in [-0.05, 0) is 67.6 Å². The van der Waals surface area contributed by atoms with Gasteiger partial charge in [-0.3, -0.25) is 4.90 Å². The first kappa shape index (κ1) is 16.3. The van der Waals surface area contributed by atoms with Crippen LogP contribution >= 0.6 is 0 Å². The molecule has 0 saturated carbocycles. The molecule has 4 rings (SSSR count). The van der Waals surface area contributed by atoms with Gasteiger partial charge in [0.05, 0.1) is 7.11 Å². The lowest BCUT2D eigenvalue weighted by molar-refractivity contribution is 0.141. The van der Waals surface area contributed by atoms with Crippen LogP contribution in [0.25, 0.3) is 0 Å². The maximum Gasteiger partial charge on any atom is 0.231 e. The van der Waals surface area contributed by atoms with Gasteiger partial charge in [0, 0.05) is 18.6 Å². The summed E-state index contributed by atoms with van der Waals surface area (Å²) >= 11 is 0. The Morgan fingerprint density at radius 1 is 1.12 bits per heavy atom. The third-order valence-corrected chi connectivity index (χ3v) is 5.28. The Kier molecular flexibility index (Phi) is 4.30. The third kappa shape index (κ3) is 3.07. The maximum atomic E-state index is 5.63. The van der Waals surface area contributed by atoms with Crippen molar-refractivity contribution in [3.8, 4) is 17.2 Å². The summed E-state index contributed by atoms with van der Waals surface area (Å²) in [5.41, 5.74) is 4.08. The van der Waals surface area contributed by atoms with E-state index in [2.05, 4.69) is 43.0 Å². The van der Waals surface area contributed by atoms with Crippen LogP contribution in [0.5, 0.6) is 17.2 Å². The molecule has 0 radical (unpaired) electrons. The van der Waals surface area contributed by atoms with Crippen LogP contribution in [-0.2, 0) is 12.8 Å². The fourth-order valence-electron chi connectivity index (χ4n) is 3.94. The van der Waals surface area contributed by atoms with Gasteiger partial charge in [0.15, 0.2) is 11.5 Å². The van der Waals surface area contributed by atoms with Gasteiger partial charge >= 0.3 is 0 Å². The summed E-state index contributed by atoms with van der Waals surface area (Å²) in [6.45, 7) is 5.96. The Morgan fingerprint density at radius 2 is 1.84 bits per heavy atom. The van der Waals surface area contributed by atoms with E-state index in [0.717, 1.165) is 36.6 Å². The monoisotopic (exact) mass is 339 g/mol. The molecule has 25 heavy (non-hydrogen) atoms. The number of methoxy groups -OCH3 is 1. The lowest BCUT2D eigenvalue weighted by Crippen LogP contribution is -2.41. The molecule has 0 saturated heterocycles. The third-order valence-electron chi connectivity index (χ3n) is 5.28. The second-order valence-electron chi connectivity index (χ2n) is 7.05. The molecular weight excluding hydrogens is 314 g/mol.